The van der Waals surface area contributed by atoms with Gasteiger partial charge in [0.25, 0.3) is 0 Å². The Labute approximate surface area is 287 Å². The third kappa shape index (κ3) is 4.52. The van der Waals surface area contributed by atoms with Crippen LogP contribution in [0.3, 0.4) is 0 Å². The lowest BCUT2D eigenvalue weighted by Gasteiger charge is -2.09. The largest absolute Gasteiger partial charge is 0.455 e. The zero-order chi connectivity index (χ0) is 33.0. The topological polar surface area (TPSA) is 56.7 Å². The smallest absolute Gasteiger partial charge is 0.167 e. The number of hydrogen-bond donors (Lipinski definition) is 0. The molecular formula is C45H28N4O. The van der Waals surface area contributed by atoms with Crippen LogP contribution in [0, 0.1) is 0 Å². The predicted octanol–water partition coefficient (Wildman–Crippen LogP) is 11.5. The van der Waals surface area contributed by atoms with Crippen molar-refractivity contribution in [1.82, 2.24) is 19.5 Å². The van der Waals surface area contributed by atoms with Crippen LogP contribution in [0.5, 0.6) is 0 Å². The van der Waals surface area contributed by atoms with Gasteiger partial charge in [0.15, 0.2) is 17.5 Å². The third-order valence-electron chi connectivity index (χ3n) is 9.46. The van der Waals surface area contributed by atoms with Crippen molar-refractivity contribution in [1.29, 1.82) is 0 Å². The van der Waals surface area contributed by atoms with Crippen molar-refractivity contribution in [3.8, 4) is 51.0 Å². The molecule has 0 radical (unpaired) electrons. The fraction of sp³-hybridized carbons (Fsp3) is 0. The molecule has 0 aliphatic carbocycles. The first-order valence-corrected chi connectivity index (χ1v) is 16.7. The lowest BCUT2D eigenvalue weighted by atomic mass is 10.0. The average Bonchev–Trinajstić information content (AvgIpc) is 3.74. The summed E-state index contributed by atoms with van der Waals surface area (Å²) >= 11 is 0. The van der Waals surface area contributed by atoms with E-state index in [1.807, 2.05) is 66.7 Å². The van der Waals surface area contributed by atoms with Crippen molar-refractivity contribution in [3.05, 3.63) is 170 Å². The first kappa shape index (κ1) is 28.2. The molecule has 10 rings (SSSR count). The molecule has 0 aliphatic rings. The first-order valence-electron chi connectivity index (χ1n) is 16.7. The number of hydrogen-bond acceptors (Lipinski definition) is 4. The van der Waals surface area contributed by atoms with E-state index >= 15 is 0 Å². The highest BCUT2D eigenvalue weighted by Gasteiger charge is 2.22. The summed E-state index contributed by atoms with van der Waals surface area (Å²) in [7, 11) is 0. The van der Waals surface area contributed by atoms with Crippen molar-refractivity contribution in [2.45, 2.75) is 0 Å². The summed E-state index contributed by atoms with van der Waals surface area (Å²) < 4.78 is 9.34. The lowest BCUT2D eigenvalue weighted by Crippen LogP contribution is -2.00. The Balaban J connectivity index is 1.25. The fourth-order valence-corrected chi connectivity index (χ4v) is 7.13. The van der Waals surface area contributed by atoms with Crippen molar-refractivity contribution >= 4 is 43.7 Å². The third-order valence-corrected chi connectivity index (χ3v) is 9.46. The summed E-state index contributed by atoms with van der Waals surface area (Å²) in [5.41, 5.74) is 9.92. The molecule has 0 fully saturated rings. The van der Waals surface area contributed by atoms with E-state index in [4.69, 9.17) is 19.4 Å². The summed E-state index contributed by atoms with van der Waals surface area (Å²) in [6.07, 6.45) is 0. The maximum absolute atomic E-state index is 7.00. The Morgan fingerprint density at radius 2 is 0.940 bits per heavy atom. The summed E-state index contributed by atoms with van der Waals surface area (Å²) in [6.45, 7) is 0. The molecule has 0 bridgehead atoms. The van der Waals surface area contributed by atoms with Gasteiger partial charge in [0.1, 0.15) is 11.2 Å². The summed E-state index contributed by atoms with van der Waals surface area (Å²) in [4.78, 5) is 15.0. The molecule has 234 valence electrons. The summed E-state index contributed by atoms with van der Waals surface area (Å²) in [6, 6.07) is 58.5. The molecule has 3 heterocycles. The highest BCUT2D eigenvalue weighted by Crippen LogP contribution is 2.43. The Hall–Kier alpha value is -6.85. The highest BCUT2D eigenvalue weighted by atomic mass is 16.3. The molecule has 0 amide bonds. The zero-order valence-corrected chi connectivity index (χ0v) is 26.9. The van der Waals surface area contributed by atoms with Gasteiger partial charge in [0.2, 0.25) is 0 Å². The van der Waals surface area contributed by atoms with Crippen LogP contribution in [0.2, 0.25) is 0 Å². The van der Waals surface area contributed by atoms with Crippen LogP contribution in [-0.4, -0.2) is 19.5 Å². The summed E-state index contributed by atoms with van der Waals surface area (Å²) in [5.74, 6) is 1.80. The number of para-hydroxylation sites is 2. The van der Waals surface area contributed by atoms with Gasteiger partial charge in [-0.15, -0.1) is 0 Å². The monoisotopic (exact) mass is 640 g/mol. The standard InChI is InChI=1S/C45H28N4O/c1-5-14-29(15-6-1)32-24-25-36-39(28-32)49(33-20-11-4-12-21-33)38-27-26-35-34-22-13-23-37(41(34)50-42(35)40(36)38)45-47-43(30-16-7-2-8-17-30)46-44(48-45)31-18-9-3-10-19-31/h1-28H. The second-order valence-corrected chi connectivity index (χ2v) is 12.4. The Bertz CT molecular complexity index is 2780. The van der Waals surface area contributed by atoms with Crippen molar-refractivity contribution in [2.75, 3.05) is 0 Å². The van der Waals surface area contributed by atoms with E-state index in [1.54, 1.807) is 0 Å². The molecule has 5 heteroatoms. The van der Waals surface area contributed by atoms with Crippen LogP contribution in [0.25, 0.3) is 94.7 Å². The van der Waals surface area contributed by atoms with Gasteiger partial charge in [0, 0.05) is 33.0 Å². The van der Waals surface area contributed by atoms with Crippen molar-refractivity contribution in [2.24, 2.45) is 0 Å². The normalized spacial score (nSPS) is 11.6. The van der Waals surface area contributed by atoms with E-state index in [0.717, 1.165) is 66.1 Å². The molecule has 0 unspecified atom stereocenters. The molecule has 5 nitrogen and oxygen atoms in total. The van der Waals surface area contributed by atoms with Gasteiger partial charge in [-0.1, -0.05) is 133 Å². The maximum Gasteiger partial charge on any atom is 0.167 e. The average molecular weight is 641 g/mol. The van der Waals surface area contributed by atoms with Crippen molar-refractivity contribution in [3.63, 3.8) is 0 Å². The van der Waals surface area contributed by atoms with Crippen LogP contribution < -0.4 is 0 Å². The van der Waals surface area contributed by atoms with E-state index in [0.29, 0.717) is 17.5 Å². The quantitative estimate of drug-likeness (QED) is 0.188. The number of aromatic nitrogens is 4. The maximum atomic E-state index is 7.00. The molecule has 0 atom stereocenters. The van der Waals surface area contributed by atoms with Gasteiger partial charge >= 0.3 is 0 Å². The number of rotatable bonds is 5. The van der Waals surface area contributed by atoms with E-state index in [9.17, 15) is 0 Å². The van der Waals surface area contributed by atoms with E-state index in [2.05, 4.69) is 108 Å². The Kier molecular flexibility index (Phi) is 6.42. The first-order chi connectivity index (χ1) is 24.8. The van der Waals surface area contributed by atoms with E-state index in [-0.39, 0.29) is 0 Å². The van der Waals surface area contributed by atoms with Crippen LogP contribution in [0.1, 0.15) is 0 Å². The van der Waals surface area contributed by atoms with Gasteiger partial charge in [-0.25, -0.2) is 15.0 Å². The molecule has 0 saturated heterocycles. The number of benzene rings is 7. The molecule has 7 aromatic carbocycles. The molecule has 0 spiro atoms. The minimum Gasteiger partial charge on any atom is -0.455 e. The highest BCUT2D eigenvalue weighted by molar-refractivity contribution is 6.25. The molecule has 50 heavy (non-hydrogen) atoms. The fourth-order valence-electron chi connectivity index (χ4n) is 7.13. The molecule has 0 saturated carbocycles. The van der Waals surface area contributed by atoms with Crippen LogP contribution in [0.4, 0.5) is 0 Å². The minimum absolute atomic E-state index is 0.567. The second-order valence-electron chi connectivity index (χ2n) is 12.4. The predicted molar refractivity (Wildman–Crippen MR) is 203 cm³/mol. The summed E-state index contributed by atoms with van der Waals surface area (Å²) in [5, 5.41) is 4.28. The molecule has 3 aromatic heterocycles. The van der Waals surface area contributed by atoms with Gasteiger partial charge in [-0.05, 0) is 47.5 Å². The molecule has 0 aliphatic heterocycles. The number of nitrogens with zero attached hydrogens (tertiary/aromatic N) is 4. The van der Waals surface area contributed by atoms with Gasteiger partial charge in [-0.3, -0.25) is 0 Å². The van der Waals surface area contributed by atoms with Crippen molar-refractivity contribution < 1.29 is 4.42 Å². The Morgan fingerprint density at radius 3 is 1.60 bits per heavy atom. The number of fused-ring (bicyclic) bond motifs is 7. The van der Waals surface area contributed by atoms with Crippen LogP contribution in [-0.2, 0) is 0 Å². The molecule has 10 aromatic rings. The molecular weight excluding hydrogens is 613 g/mol. The van der Waals surface area contributed by atoms with E-state index in [1.165, 1.54) is 11.1 Å². The number of furan rings is 1. The Morgan fingerprint density at radius 1 is 0.380 bits per heavy atom. The van der Waals surface area contributed by atoms with Crippen LogP contribution >= 0.6 is 0 Å². The SMILES string of the molecule is c1ccc(-c2ccc3c4c5oc6c(-c7nc(-c8ccccc8)nc(-c8ccccc8)n7)cccc6c5ccc4n(-c4ccccc4)c3c2)cc1. The van der Waals surface area contributed by atoms with Gasteiger partial charge in [-0.2, -0.15) is 0 Å². The minimum atomic E-state index is 0.567. The zero-order valence-electron chi connectivity index (χ0n) is 26.9. The lowest BCUT2D eigenvalue weighted by molar-refractivity contribution is 0.673. The second kappa shape index (κ2) is 11.4. The van der Waals surface area contributed by atoms with Gasteiger partial charge < -0.3 is 8.98 Å². The van der Waals surface area contributed by atoms with E-state index < -0.39 is 0 Å². The van der Waals surface area contributed by atoms with Crippen LogP contribution in [0.15, 0.2) is 174 Å². The van der Waals surface area contributed by atoms with Gasteiger partial charge in [0.05, 0.1) is 22.0 Å². The molecule has 0 N–H and O–H groups in total.